The first kappa shape index (κ1) is 38.1. The fourth-order valence-corrected chi connectivity index (χ4v) is 10.3. The molecule has 5 saturated heterocycles. The van der Waals surface area contributed by atoms with Crippen LogP contribution in [-0.2, 0) is 9.59 Å². The van der Waals surface area contributed by atoms with E-state index >= 15 is 0 Å². The van der Waals surface area contributed by atoms with E-state index < -0.39 is 29.7 Å². The molecule has 6 aliphatic rings. The largest absolute Gasteiger partial charge is 0.371 e. The van der Waals surface area contributed by atoms with Gasteiger partial charge in [0.2, 0.25) is 11.8 Å². The zero-order valence-electron chi connectivity index (χ0n) is 32.7. The fraction of sp³-hybridized carbons (Fsp3) is 0.455. The molecule has 5 amide bonds. The van der Waals surface area contributed by atoms with Crippen molar-refractivity contribution >= 4 is 58.2 Å². The molecule has 58 heavy (non-hydrogen) atoms. The summed E-state index contributed by atoms with van der Waals surface area (Å²) in [6, 6.07) is 20.2. The molecule has 6 aliphatic heterocycles. The van der Waals surface area contributed by atoms with Crippen molar-refractivity contribution in [1.29, 1.82) is 5.26 Å². The Morgan fingerprint density at radius 2 is 1.43 bits per heavy atom. The molecule has 1 spiro atoms. The van der Waals surface area contributed by atoms with Crippen LogP contribution in [-0.4, -0.2) is 122 Å². The topological polar surface area (TPSA) is 141 Å². The summed E-state index contributed by atoms with van der Waals surface area (Å²) in [5.74, 6) is -1.88. The normalized spacial score (nSPS) is 22.9. The smallest absolute Gasteiger partial charge is 0.262 e. The van der Waals surface area contributed by atoms with Gasteiger partial charge in [-0.05, 0) is 91.8 Å². The van der Waals surface area contributed by atoms with Crippen molar-refractivity contribution in [2.75, 3.05) is 86.7 Å². The Balaban J connectivity index is 0.730. The number of nitriles is 1. The minimum Gasteiger partial charge on any atom is -0.371 e. The van der Waals surface area contributed by atoms with Crippen LogP contribution in [0.15, 0.2) is 60.7 Å². The zero-order chi connectivity index (χ0) is 40.3. The molecule has 6 heterocycles. The predicted molar refractivity (Wildman–Crippen MR) is 219 cm³/mol. The molecular formula is C44H47ClN8O5. The van der Waals surface area contributed by atoms with Gasteiger partial charge in [0.15, 0.2) is 0 Å². The first-order valence-electron chi connectivity index (χ1n) is 20.3. The van der Waals surface area contributed by atoms with Crippen molar-refractivity contribution in [1.82, 2.24) is 20.0 Å². The first-order chi connectivity index (χ1) is 27.9. The summed E-state index contributed by atoms with van der Waals surface area (Å²) in [6.07, 6.45) is 3.27. The average molecular weight is 803 g/mol. The maximum Gasteiger partial charge on any atom is 0.262 e. The van der Waals surface area contributed by atoms with Crippen LogP contribution < -0.4 is 20.0 Å². The van der Waals surface area contributed by atoms with Gasteiger partial charge in [-0.3, -0.25) is 39.1 Å². The molecule has 300 valence electrons. The fourth-order valence-electron chi connectivity index (χ4n) is 10.1. The lowest BCUT2D eigenvalue weighted by Gasteiger charge is -2.52. The van der Waals surface area contributed by atoms with Gasteiger partial charge in [0.05, 0.1) is 21.7 Å². The quantitative estimate of drug-likeness (QED) is 0.342. The number of anilines is 3. The van der Waals surface area contributed by atoms with Gasteiger partial charge in [0.25, 0.3) is 17.7 Å². The molecule has 0 aromatic heterocycles. The van der Waals surface area contributed by atoms with Gasteiger partial charge >= 0.3 is 0 Å². The number of hydrogen-bond acceptors (Lipinski definition) is 10. The van der Waals surface area contributed by atoms with Crippen LogP contribution in [0.2, 0.25) is 5.02 Å². The Kier molecular flexibility index (Phi) is 9.68. The van der Waals surface area contributed by atoms with E-state index in [2.05, 4.69) is 50.0 Å². The minimum absolute atomic E-state index is 0.0757. The van der Waals surface area contributed by atoms with Crippen molar-refractivity contribution in [3.63, 3.8) is 0 Å². The van der Waals surface area contributed by atoms with Crippen LogP contribution in [0.5, 0.6) is 0 Å². The molecule has 5 fully saturated rings. The van der Waals surface area contributed by atoms with Crippen LogP contribution in [0.4, 0.5) is 17.1 Å². The van der Waals surface area contributed by atoms with Gasteiger partial charge in [0, 0.05) is 106 Å². The maximum absolute atomic E-state index is 13.6. The SMILES string of the molecule is CC1(CN2CCN(c3ccc(C(=O)N4CCC5(CC4)CCN(c4ccc(C#N)c(Cl)c4)C5)cc3)CC2)CN(c2ccc3c(c2)C(=O)N(C2CCC(=O)NC2=O)C3=O)C1. The van der Waals surface area contributed by atoms with Crippen molar-refractivity contribution in [2.45, 2.75) is 45.1 Å². The zero-order valence-corrected chi connectivity index (χ0v) is 33.5. The molecular weight excluding hydrogens is 756 g/mol. The van der Waals surface area contributed by atoms with E-state index in [1.807, 2.05) is 35.2 Å². The molecule has 1 N–H and O–H groups in total. The van der Waals surface area contributed by atoms with Crippen LogP contribution in [0.25, 0.3) is 0 Å². The maximum atomic E-state index is 13.6. The van der Waals surface area contributed by atoms with E-state index in [0.717, 1.165) is 119 Å². The number of rotatable bonds is 7. The number of carbonyl (C=O) groups excluding carboxylic acids is 5. The van der Waals surface area contributed by atoms with Gasteiger partial charge < -0.3 is 19.6 Å². The highest BCUT2D eigenvalue weighted by Gasteiger charge is 2.46. The highest BCUT2D eigenvalue weighted by molar-refractivity contribution is 6.32. The Morgan fingerprint density at radius 1 is 0.776 bits per heavy atom. The number of imide groups is 2. The van der Waals surface area contributed by atoms with Gasteiger partial charge in [-0.2, -0.15) is 5.26 Å². The lowest BCUT2D eigenvalue weighted by atomic mass is 9.77. The molecule has 0 radical (unpaired) electrons. The molecule has 0 bridgehead atoms. The number of amides is 5. The van der Waals surface area contributed by atoms with Crippen LogP contribution in [0, 0.1) is 22.2 Å². The Morgan fingerprint density at radius 3 is 2.12 bits per heavy atom. The number of piperazine rings is 1. The summed E-state index contributed by atoms with van der Waals surface area (Å²) in [5, 5.41) is 12.0. The highest BCUT2D eigenvalue weighted by atomic mass is 35.5. The minimum atomic E-state index is -0.974. The van der Waals surface area contributed by atoms with Crippen molar-refractivity contribution < 1.29 is 24.0 Å². The third-order valence-electron chi connectivity index (χ3n) is 13.4. The highest BCUT2D eigenvalue weighted by Crippen LogP contribution is 2.43. The summed E-state index contributed by atoms with van der Waals surface area (Å²) in [5.41, 5.74) is 5.15. The standard InChI is InChI=1S/C44H47ClN8O5/c1-43(26-52(27-43)32-8-9-34-35(22-32)42(58)53(41(34)57)37-10-11-38(54)47-39(37)55)25-48-18-20-49(21-19-48)31-5-2-29(3-6-31)40(56)50-15-12-44(13-16-50)14-17-51(28-44)33-7-4-30(24-46)36(45)23-33/h2-9,22-23,37H,10-21,25-28H2,1H3,(H,47,54,55). The number of fused-ring (bicyclic) bond motifs is 1. The van der Waals surface area contributed by atoms with E-state index in [1.54, 1.807) is 18.2 Å². The van der Waals surface area contributed by atoms with Crippen LogP contribution >= 0.6 is 11.6 Å². The Hall–Kier alpha value is -5.45. The summed E-state index contributed by atoms with van der Waals surface area (Å²) < 4.78 is 0. The molecule has 14 heteroatoms. The van der Waals surface area contributed by atoms with Crippen LogP contribution in [0.1, 0.15) is 75.7 Å². The average Bonchev–Trinajstić information content (AvgIpc) is 3.74. The number of piperidine rings is 2. The van der Waals surface area contributed by atoms with Gasteiger partial charge in [0.1, 0.15) is 12.1 Å². The second-order valence-electron chi connectivity index (χ2n) is 17.4. The second-order valence-corrected chi connectivity index (χ2v) is 17.8. The summed E-state index contributed by atoms with van der Waals surface area (Å²) in [4.78, 5) is 76.6. The molecule has 3 aromatic rings. The summed E-state index contributed by atoms with van der Waals surface area (Å²) >= 11 is 6.32. The van der Waals surface area contributed by atoms with Crippen molar-refractivity contribution in [3.8, 4) is 6.07 Å². The molecule has 3 aromatic carbocycles. The number of carbonyl (C=O) groups is 5. The van der Waals surface area contributed by atoms with Gasteiger partial charge in [-0.1, -0.05) is 18.5 Å². The van der Waals surface area contributed by atoms with E-state index in [4.69, 9.17) is 11.6 Å². The predicted octanol–water partition coefficient (Wildman–Crippen LogP) is 4.39. The van der Waals surface area contributed by atoms with E-state index in [0.29, 0.717) is 21.7 Å². The Labute approximate surface area is 343 Å². The number of nitrogens with one attached hydrogen (secondary N) is 1. The van der Waals surface area contributed by atoms with Crippen molar-refractivity contribution in [3.05, 3.63) is 87.9 Å². The number of hydrogen-bond donors (Lipinski definition) is 1. The number of likely N-dealkylation sites (tertiary alicyclic amines) is 1. The number of benzene rings is 3. The monoisotopic (exact) mass is 802 g/mol. The van der Waals surface area contributed by atoms with Gasteiger partial charge in [-0.15, -0.1) is 0 Å². The molecule has 9 rings (SSSR count). The Bertz CT molecular complexity index is 2230. The second kappa shape index (κ2) is 14.7. The van der Waals surface area contributed by atoms with Crippen LogP contribution in [0.3, 0.4) is 0 Å². The lowest BCUT2D eigenvalue weighted by Crippen LogP contribution is -2.61. The number of halogens is 1. The number of nitrogens with zero attached hydrogens (tertiary/aromatic N) is 7. The summed E-state index contributed by atoms with van der Waals surface area (Å²) in [7, 11) is 0. The third kappa shape index (κ3) is 6.96. The van der Waals surface area contributed by atoms with Crippen molar-refractivity contribution in [2.24, 2.45) is 10.8 Å². The molecule has 0 aliphatic carbocycles. The van der Waals surface area contributed by atoms with Gasteiger partial charge in [-0.25, -0.2) is 0 Å². The molecule has 0 saturated carbocycles. The molecule has 1 atom stereocenters. The van der Waals surface area contributed by atoms with E-state index in [-0.39, 0.29) is 29.6 Å². The van der Waals surface area contributed by atoms with E-state index in [9.17, 15) is 29.2 Å². The lowest BCUT2D eigenvalue weighted by molar-refractivity contribution is -0.136. The molecule has 13 nitrogen and oxygen atoms in total. The first-order valence-corrected chi connectivity index (χ1v) is 20.7. The van der Waals surface area contributed by atoms with E-state index in [1.165, 1.54) is 0 Å². The third-order valence-corrected chi connectivity index (χ3v) is 13.7. The summed E-state index contributed by atoms with van der Waals surface area (Å²) in [6.45, 7) is 12.0. The molecule has 1 unspecified atom stereocenters.